The topological polar surface area (TPSA) is 105 Å². The summed E-state index contributed by atoms with van der Waals surface area (Å²) in [6.07, 6.45) is 5.35. The predicted molar refractivity (Wildman–Crippen MR) is 136 cm³/mol. The van der Waals surface area contributed by atoms with E-state index in [-0.39, 0.29) is 11.9 Å². The second-order valence-corrected chi connectivity index (χ2v) is 9.11. The minimum atomic E-state index is -0.358. The smallest absolute Gasteiger partial charge is 0.324 e. The maximum Gasteiger partial charge on any atom is 0.324 e. The van der Waals surface area contributed by atoms with Crippen LogP contribution in [0.5, 0.6) is 0 Å². The van der Waals surface area contributed by atoms with Crippen LogP contribution in [0, 0.1) is 0 Å². The molecule has 0 spiro atoms. The van der Waals surface area contributed by atoms with Crippen LogP contribution in [0.15, 0.2) is 48.8 Å². The van der Waals surface area contributed by atoms with E-state index in [1.165, 1.54) is 0 Å². The lowest BCUT2D eigenvalue weighted by molar-refractivity contribution is -0.129. The molecule has 186 valence electrons. The van der Waals surface area contributed by atoms with Crippen molar-refractivity contribution in [3.63, 3.8) is 0 Å². The van der Waals surface area contributed by atoms with E-state index < -0.39 is 0 Å². The SMILES string of the molecule is CN1CCN(C(=O)N(CCCCCCC(=O)NO)c2ccc(-c3ccc4nc[nH]c4c3)cc2)CC1. The number of fused-ring (bicyclic) bond motifs is 1. The maximum absolute atomic E-state index is 13.5. The minimum Gasteiger partial charge on any atom is -0.345 e. The zero-order valence-electron chi connectivity index (χ0n) is 20.2. The number of hydroxylamine groups is 1. The van der Waals surface area contributed by atoms with Gasteiger partial charge in [0.05, 0.1) is 17.4 Å². The molecule has 0 aliphatic carbocycles. The van der Waals surface area contributed by atoms with Gasteiger partial charge in [-0.2, -0.15) is 0 Å². The van der Waals surface area contributed by atoms with Gasteiger partial charge in [0.2, 0.25) is 5.91 Å². The van der Waals surface area contributed by atoms with Crippen LogP contribution < -0.4 is 10.4 Å². The number of carbonyl (C=O) groups excluding carboxylic acids is 2. The zero-order chi connectivity index (χ0) is 24.6. The number of hydrogen-bond donors (Lipinski definition) is 3. The first-order valence-corrected chi connectivity index (χ1v) is 12.3. The normalized spacial score (nSPS) is 14.3. The number of nitrogens with one attached hydrogen (secondary N) is 2. The Morgan fingerprint density at radius 1 is 1.00 bits per heavy atom. The van der Waals surface area contributed by atoms with Crippen LogP contribution >= 0.6 is 0 Å². The molecule has 1 saturated heterocycles. The molecule has 3 amide bonds. The summed E-state index contributed by atoms with van der Waals surface area (Å²) >= 11 is 0. The van der Waals surface area contributed by atoms with Crippen LogP contribution in [0.25, 0.3) is 22.2 Å². The molecule has 0 saturated carbocycles. The first-order valence-electron chi connectivity index (χ1n) is 12.3. The Morgan fingerprint density at radius 2 is 1.71 bits per heavy atom. The van der Waals surface area contributed by atoms with Crippen molar-refractivity contribution in [3.8, 4) is 11.1 Å². The summed E-state index contributed by atoms with van der Waals surface area (Å²) in [7, 11) is 2.08. The number of rotatable bonds is 9. The van der Waals surface area contributed by atoms with E-state index in [1.54, 1.807) is 11.8 Å². The van der Waals surface area contributed by atoms with Crippen LogP contribution in [-0.2, 0) is 4.79 Å². The average molecular weight is 479 g/mol. The quantitative estimate of drug-likeness (QED) is 0.246. The summed E-state index contributed by atoms with van der Waals surface area (Å²) in [6.45, 7) is 3.83. The van der Waals surface area contributed by atoms with E-state index in [4.69, 9.17) is 5.21 Å². The van der Waals surface area contributed by atoms with Gasteiger partial charge in [0.15, 0.2) is 0 Å². The molecule has 0 unspecified atom stereocenters. The van der Waals surface area contributed by atoms with Gasteiger partial charge < -0.3 is 14.8 Å². The van der Waals surface area contributed by atoms with Crippen LogP contribution in [0.3, 0.4) is 0 Å². The largest absolute Gasteiger partial charge is 0.345 e. The molecule has 3 N–H and O–H groups in total. The fourth-order valence-electron chi connectivity index (χ4n) is 4.42. The maximum atomic E-state index is 13.5. The van der Waals surface area contributed by atoms with Gasteiger partial charge in [-0.05, 0) is 55.3 Å². The van der Waals surface area contributed by atoms with Gasteiger partial charge in [0.25, 0.3) is 0 Å². The summed E-state index contributed by atoms with van der Waals surface area (Å²) < 4.78 is 0. The number of aromatic nitrogens is 2. The molecular weight excluding hydrogens is 444 g/mol. The number of unbranched alkanes of at least 4 members (excludes halogenated alkanes) is 3. The van der Waals surface area contributed by atoms with E-state index in [1.807, 2.05) is 28.0 Å². The third kappa shape index (κ3) is 6.37. The van der Waals surface area contributed by atoms with E-state index in [0.29, 0.717) is 19.4 Å². The highest BCUT2D eigenvalue weighted by Crippen LogP contribution is 2.26. The van der Waals surface area contributed by atoms with Crippen molar-refractivity contribution in [2.45, 2.75) is 32.1 Å². The van der Waals surface area contributed by atoms with Crippen LogP contribution in [-0.4, -0.2) is 76.7 Å². The van der Waals surface area contributed by atoms with Gasteiger partial charge in [0, 0.05) is 44.8 Å². The number of H-pyrrole nitrogens is 1. The third-order valence-electron chi connectivity index (χ3n) is 6.60. The monoisotopic (exact) mass is 478 g/mol. The Labute approximate surface area is 205 Å². The molecule has 2 heterocycles. The standard InChI is InChI=1S/C26H34N6O3/c1-30-14-16-31(17-15-30)26(34)32(13-5-3-2-4-6-25(33)29-35)22-10-7-20(8-11-22)21-9-12-23-24(18-21)28-19-27-23/h7-12,18-19,35H,2-6,13-17H2,1H3,(H,27,28)(H,29,33). The highest BCUT2D eigenvalue weighted by Gasteiger charge is 2.25. The summed E-state index contributed by atoms with van der Waals surface area (Å²) in [4.78, 5) is 38.1. The number of imidazole rings is 1. The van der Waals surface area contributed by atoms with E-state index in [9.17, 15) is 9.59 Å². The van der Waals surface area contributed by atoms with Gasteiger partial charge in [-0.15, -0.1) is 0 Å². The molecule has 35 heavy (non-hydrogen) atoms. The van der Waals surface area contributed by atoms with Gasteiger partial charge in [-0.1, -0.05) is 31.0 Å². The number of benzene rings is 2. The van der Waals surface area contributed by atoms with Gasteiger partial charge in [0.1, 0.15) is 0 Å². The molecule has 9 heteroatoms. The molecule has 3 aromatic rings. The Balaban J connectivity index is 1.44. The number of carbonyl (C=O) groups is 2. The zero-order valence-corrected chi connectivity index (χ0v) is 20.2. The van der Waals surface area contributed by atoms with Crippen molar-refractivity contribution in [1.82, 2.24) is 25.2 Å². The van der Waals surface area contributed by atoms with Crippen molar-refractivity contribution in [2.24, 2.45) is 0 Å². The highest BCUT2D eigenvalue weighted by molar-refractivity contribution is 5.92. The third-order valence-corrected chi connectivity index (χ3v) is 6.60. The molecule has 1 aliphatic heterocycles. The summed E-state index contributed by atoms with van der Waals surface area (Å²) in [5.74, 6) is -0.358. The summed E-state index contributed by atoms with van der Waals surface area (Å²) in [6, 6.07) is 14.4. The van der Waals surface area contributed by atoms with Crippen molar-refractivity contribution >= 4 is 28.7 Å². The molecule has 1 aliphatic rings. The summed E-state index contributed by atoms with van der Waals surface area (Å²) in [5, 5.41) is 8.61. The number of amides is 3. The molecular formula is C26H34N6O3. The Kier molecular flexibility index (Phi) is 8.33. The number of likely N-dealkylation sites (N-methyl/N-ethyl adjacent to an activating group) is 1. The van der Waals surface area contributed by atoms with Crippen LogP contribution in [0.1, 0.15) is 32.1 Å². The van der Waals surface area contributed by atoms with Gasteiger partial charge >= 0.3 is 6.03 Å². The number of aromatic amines is 1. The number of hydrogen-bond acceptors (Lipinski definition) is 5. The van der Waals surface area contributed by atoms with E-state index in [2.05, 4.69) is 46.2 Å². The lowest BCUT2D eigenvalue weighted by Gasteiger charge is -2.36. The van der Waals surface area contributed by atoms with Gasteiger partial charge in [-0.25, -0.2) is 15.3 Å². The molecule has 1 aromatic heterocycles. The highest BCUT2D eigenvalue weighted by atomic mass is 16.5. The number of piperazine rings is 1. The molecule has 0 bridgehead atoms. The van der Waals surface area contributed by atoms with E-state index >= 15 is 0 Å². The second kappa shape index (κ2) is 11.8. The second-order valence-electron chi connectivity index (χ2n) is 9.11. The fraction of sp³-hybridized carbons (Fsp3) is 0.423. The average Bonchev–Trinajstić information content (AvgIpc) is 3.36. The number of anilines is 1. The molecule has 4 rings (SSSR count). The predicted octanol–water partition coefficient (Wildman–Crippen LogP) is 3.86. The van der Waals surface area contributed by atoms with E-state index in [0.717, 1.165) is 73.3 Å². The van der Waals surface area contributed by atoms with Crippen LogP contribution in [0.4, 0.5) is 10.5 Å². The first kappa shape index (κ1) is 24.7. The minimum absolute atomic E-state index is 0.0457. The Bertz CT molecular complexity index is 1120. The lowest BCUT2D eigenvalue weighted by Crippen LogP contribution is -2.52. The number of nitrogens with zero attached hydrogens (tertiary/aromatic N) is 4. The lowest BCUT2D eigenvalue weighted by atomic mass is 10.0. The van der Waals surface area contributed by atoms with Crippen molar-refractivity contribution in [2.75, 3.05) is 44.7 Å². The molecule has 2 aromatic carbocycles. The molecule has 0 radical (unpaired) electrons. The van der Waals surface area contributed by atoms with Crippen LogP contribution in [0.2, 0.25) is 0 Å². The summed E-state index contributed by atoms with van der Waals surface area (Å²) in [5.41, 5.74) is 6.67. The number of urea groups is 1. The van der Waals surface area contributed by atoms with Gasteiger partial charge in [-0.3, -0.25) is 14.9 Å². The fourth-order valence-corrected chi connectivity index (χ4v) is 4.42. The van der Waals surface area contributed by atoms with Crippen molar-refractivity contribution in [1.29, 1.82) is 0 Å². The Morgan fingerprint density at radius 3 is 2.46 bits per heavy atom. The molecule has 0 atom stereocenters. The first-order chi connectivity index (χ1) is 17.0. The molecule has 9 nitrogen and oxygen atoms in total. The Hall–Kier alpha value is -3.43. The molecule has 1 fully saturated rings. The van der Waals surface area contributed by atoms with Crippen molar-refractivity contribution in [3.05, 3.63) is 48.8 Å². The van der Waals surface area contributed by atoms with Crippen molar-refractivity contribution < 1.29 is 14.8 Å².